The standard InChI is InChI=1S/C28H30F2N4O2/c1-33-14-22(17-6-8-34(9-7-17)19-4-2-16(3-5-19)10-26(35)36)28-23(15-33)20-11-18(29)12-21-24(30)13-25(27(20)21)31-32-28/h6,11-13,15-16,19,32H,2-5,7-10,14H2,1H3,(H,35,36). The fourth-order valence-electron chi connectivity index (χ4n) is 6.43. The first-order chi connectivity index (χ1) is 17.4. The fraction of sp³-hybridized carbons (Fsp3) is 0.429. The van der Waals surface area contributed by atoms with Gasteiger partial charge in [-0.3, -0.25) is 15.1 Å². The number of carbonyl (C=O) groups is 1. The number of nitrogens with one attached hydrogen (secondary N) is 1. The number of hydrazone groups is 1. The van der Waals surface area contributed by atoms with Gasteiger partial charge in [-0.25, -0.2) is 8.78 Å². The maximum Gasteiger partial charge on any atom is 0.303 e. The van der Waals surface area contributed by atoms with Gasteiger partial charge in [0.25, 0.3) is 0 Å². The van der Waals surface area contributed by atoms with Crippen molar-refractivity contribution in [1.29, 1.82) is 0 Å². The van der Waals surface area contributed by atoms with Crippen LogP contribution in [0.25, 0.3) is 11.4 Å². The third kappa shape index (κ3) is 4.07. The van der Waals surface area contributed by atoms with Crippen LogP contribution in [0.4, 0.5) is 8.78 Å². The molecule has 5 aliphatic rings. The maximum absolute atomic E-state index is 14.5. The topological polar surface area (TPSA) is 68.2 Å². The number of nitrogens with zero attached hydrogens (tertiary/aromatic N) is 3. The maximum atomic E-state index is 14.5. The lowest BCUT2D eigenvalue weighted by molar-refractivity contribution is -0.138. The zero-order valence-electron chi connectivity index (χ0n) is 20.4. The third-order valence-electron chi connectivity index (χ3n) is 8.21. The van der Waals surface area contributed by atoms with E-state index in [2.05, 4.69) is 26.4 Å². The van der Waals surface area contributed by atoms with Crippen LogP contribution in [0.2, 0.25) is 0 Å². The van der Waals surface area contributed by atoms with Crippen LogP contribution in [-0.4, -0.2) is 59.3 Å². The van der Waals surface area contributed by atoms with Crippen LogP contribution in [-0.2, 0) is 4.79 Å². The molecule has 2 aliphatic carbocycles. The largest absolute Gasteiger partial charge is 0.481 e. The minimum atomic E-state index is -0.693. The normalized spacial score (nSPS) is 25.7. The summed E-state index contributed by atoms with van der Waals surface area (Å²) in [5.74, 6) is -1.31. The first-order valence-corrected chi connectivity index (χ1v) is 12.7. The van der Waals surface area contributed by atoms with Crippen LogP contribution in [0.15, 0.2) is 52.4 Å². The van der Waals surface area contributed by atoms with E-state index in [0.717, 1.165) is 62.0 Å². The Morgan fingerprint density at radius 3 is 2.69 bits per heavy atom. The lowest BCUT2D eigenvalue weighted by atomic mass is 9.82. The van der Waals surface area contributed by atoms with E-state index in [1.54, 1.807) is 0 Å². The minimum Gasteiger partial charge on any atom is -0.481 e. The fourth-order valence-corrected chi connectivity index (χ4v) is 6.43. The van der Waals surface area contributed by atoms with Crippen molar-refractivity contribution in [3.8, 4) is 0 Å². The molecular weight excluding hydrogens is 462 g/mol. The average molecular weight is 493 g/mol. The van der Waals surface area contributed by atoms with E-state index >= 15 is 0 Å². The number of carboxylic acid groups (broad SMARTS) is 1. The van der Waals surface area contributed by atoms with Gasteiger partial charge in [-0.2, -0.15) is 5.10 Å². The molecule has 0 saturated heterocycles. The van der Waals surface area contributed by atoms with E-state index in [-0.39, 0.29) is 12.0 Å². The second-order valence-corrected chi connectivity index (χ2v) is 10.5. The molecular formula is C28H30F2N4O2. The van der Waals surface area contributed by atoms with Crippen molar-refractivity contribution < 1.29 is 18.7 Å². The van der Waals surface area contributed by atoms with E-state index < -0.39 is 17.6 Å². The smallest absolute Gasteiger partial charge is 0.303 e. The first kappa shape index (κ1) is 23.2. The van der Waals surface area contributed by atoms with E-state index in [9.17, 15) is 13.6 Å². The molecule has 36 heavy (non-hydrogen) atoms. The van der Waals surface area contributed by atoms with Gasteiger partial charge in [-0.05, 0) is 61.3 Å². The number of allylic oxidation sites excluding steroid dienone is 2. The molecule has 0 radical (unpaired) electrons. The van der Waals surface area contributed by atoms with Crippen LogP contribution >= 0.6 is 0 Å². The number of benzene rings is 1. The average Bonchev–Trinajstić information content (AvgIpc) is 3.09. The molecule has 188 valence electrons. The van der Waals surface area contributed by atoms with E-state index in [0.29, 0.717) is 35.3 Å². The molecule has 6 nitrogen and oxygen atoms in total. The minimum absolute atomic E-state index is 0.257. The molecule has 0 atom stereocenters. The van der Waals surface area contributed by atoms with Crippen LogP contribution < -0.4 is 5.43 Å². The van der Waals surface area contributed by atoms with Crippen LogP contribution in [0.5, 0.6) is 0 Å². The quantitative estimate of drug-likeness (QED) is 0.640. The summed E-state index contributed by atoms with van der Waals surface area (Å²) < 4.78 is 29.0. The second kappa shape index (κ2) is 9.00. The van der Waals surface area contributed by atoms with Gasteiger partial charge < -0.3 is 10.0 Å². The lowest BCUT2D eigenvalue weighted by Crippen LogP contribution is -2.41. The number of aliphatic carboxylic acids is 1. The summed E-state index contributed by atoms with van der Waals surface area (Å²) in [6.07, 6.45) is 10.9. The number of rotatable bonds is 4. The van der Waals surface area contributed by atoms with Crippen molar-refractivity contribution in [2.24, 2.45) is 11.0 Å². The number of fused-ring (bicyclic) bond motifs is 2. The van der Waals surface area contributed by atoms with Crippen molar-refractivity contribution in [1.82, 2.24) is 15.2 Å². The summed E-state index contributed by atoms with van der Waals surface area (Å²) in [5, 5.41) is 13.6. The van der Waals surface area contributed by atoms with Crippen LogP contribution in [0.1, 0.15) is 55.2 Å². The number of likely N-dealkylation sites (N-methyl/N-ethyl adjacent to an activating group) is 1. The molecule has 1 aromatic carbocycles. The van der Waals surface area contributed by atoms with Gasteiger partial charge in [0.15, 0.2) is 0 Å². The highest BCUT2D eigenvalue weighted by Gasteiger charge is 2.34. The monoisotopic (exact) mass is 492 g/mol. The highest BCUT2D eigenvalue weighted by Crippen LogP contribution is 2.42. The van der Waals surface area contributed by atoms with Gasteiger partial charge in [0, 0.05) is 73.7 Å². The summed E-state index contributed by atoms with van der Waals surface area (Å²) in [7, 11) is 2.00. The first-order valence-electron chi connectivity index (χ1n) is 12.7. The highest BCUT2D eigenvalue weighted by atomic mass is 19.1. The summed E-state index contributed by atoms with van der Waals surface area (Å²) in [4.78, 5) is 15.7. The van der Waals surface area contributed by atoms with E-state index in [1.165, 1.54) is 23.8 Å². The molecule has 1 fully saturated rings. The van der Waals surface area contributed by atoms with Gasteiger partial charge in [-0.15, -0.1) is 0 Å². The molecule has 1 saturated carbocycles. The zero-order valence-corrected chi connectivity index (χ0v) is 20.4. The lowest BCUT2D eigenvalue weighted by Gasteiger charge is -2.39. The second-order valence-electron chi connectivity index (χ2n) is 10.5. The predicted molar refractivity (Wildman–Crippen MR) is 135 cm³/mol. The Labute approximate surface area is 209 Å². The molecule has 2 N–H and O–H groups in total. The van der Waals surface area contributed by atoms with Crippen LogP contribution in [0, 0.1) is 11.7 Å². The molecule has 0 amide bonds. The van der Waals surface area contributed by atoms with Gasteiger partial charge in [0.05, 0.1) is 11.4 Å². The van der Waals surface area contributed by atoms with Crippen molar-refractivity contribution in [2.75, 3.05) is 26.7 Å². The number of hydrogen-bond acceptors (Lipinski definition) is 5. The number of hydrogen-bond donors (Lipinski definition) is 2. The predicted octanol–water partition coefficient (Wildman–Crippen LogP) is 4.66. The molecule has 3 aliphatic heterocycles. The summed E-state index contributed by atoms with van der Waals surface area (Å²) in [6.45, 7) is 2.53. The van der Waals surface area contributed by atoms with Crippen molar-refractivity contribution >= 4 is 23.1 Å². The zero-order chi connectivity index (χ0) is 25.0. The molecule has 0 spiro atoms. The Balaban J connectivity index is 1.27. The third-order valence-corrected chi connectivity index (χ3v) is 8.21. The molecule has 6 rings (SSSR count). The Morgan fingerprint density at radius 2 is 1.97 bits per heavy atom. The summed E-state index contributed by atoms with van der Waals surface area (Å²) in [5.41, 5.74) is 9.36. The molecule has 0 aromatic heterocycles. The van der Waals surface area contributed by atoms with Gasteiger partial charge in [0.1, 0.15) is 11.6 Å². The van der Waals surface area contributed by atoms with Crippen LogP contribution in [0.3, 0.4) is 0 Å². The Bertz CT molecular complexity index is 1280. The van der Waals surface area contributed by atoms with Crippen molar-refractivity contribution in [3.05, 3.63) is 69.8 Å². The van der Waals surface area contributed by atoms with E-state index in [1.807, 2.05) is 13.2 Å². The molecule has 8 heteroatoms. The Morgan fingerprint density at radius 1 is 1.19 bits per heavy atom. The molecule has 3 heterocycles. The SMILES string of the molecule is CN1C=C2C(=C(C3=CCN(C4CCC(CC(=O)O)CC4)CC3)C1)NN=C1C=C(F)c3cc(F)cc2c31. The van der Waals surface area contributed by atoms with Gasteiger partial charge >= 0.3 is 5.97 Å². The Hall–Kier alpha value is -3.26. The van der Waals surface area contributed by atoms with Gasteiger partial charge in [-0.1, -0.05) is 6.08 Å². The summed E-state index contributed by atoms with van der Waals surface area (Å²) >= 11 is 0. The highest BCUT2D eigenvalue weighted by molar-refractivity contribution is 6.21. The van der Waals surface area contributed by atoms with E-state index in [4.69, 9.17) is 5.11 Å². The van der Waals surface area contributed by atoms with Gasteiger partial charge in [0.2, 0.25) is 0 Å². The molecule has 0 bridgehead atoms. The molecule has 0 unspecified atom stereocenters. The number of halogens is 2. The van der Waals surface area contributed by atoms with Crippen molar-refractivity contribution in [3.63, 3.8) is 0 Å². The number of carboxylic acids is 1. The summed E-state index contributed by atoms with van der Waals surface area (Å²) in [6, 6.07) is 3.23. The Kier molecular flexibility index (Phi) is 5.79. The molecule has 1 aromatic rings. The van der Waals surface area contributed by atoms with Crippen molar-refractivity contribution in [2.45, 2.75) is 44.6 Å².